The van der Waals surface area contributed by atoms with Crippen LogP contribution in [-0.2, 0) is 0 Å². The first-order valence-electron chi connectivity index (χ1n) is 9.80. The van der Waals surface area contributed by atoms with E-state index in [0.717, 1.165) is 51.9 Å². The third-order valence-electron chi connectivity index (χ3n) is 5.30. The minimum absolute atomic E-state index is 0.0190. The van der Waals surface area contributed by atoms with Crippen molar-refractivity contribution in [2.45, 2.75) is 83.5 Å². The number of alkyl halides is 2. The Morgan fingerprint density at radius 2 is 1.73 bits per heavy atom. The molecule has 0 bridgehead atoms. The zero-order chi connectivity index (χ0) is 19.2. The Morgan fingerprint density at radius 3 is 2.35 bits per heavy atom. The summed E-state index contributed by atoms with van der Waals surface area (Å²) in [4.78, 5) is 0. The number of benzene rings is 1. The predicted octanol–water partition coefficient (Wildman–Crippen LogP) is 7.24. The number of hydrogen-bond acceptors (Lipinski definition) is 1. The normalized spacial score (nSPS) is 21.0. The van der Waals surface area contributed by atoms with E-state index in [-0.39, 0.29) is 18.1 Å². The maximum Gasteiger partial charge on any atom is 0.245 e. The van der Waals surface area contributed by atoms with E-state index in [0.29, 0.717) is 24.5 Å². The molecule has 1 aliphatic carbocycles. The molecule has 26 heavy (non-hydrogen) atoms. The average Bonchev–Trinajstić information content (AvgIpc) is 2.60. The van der Waals surface area contributed by atoms with E-state index in [4.69, 9.17) is 4.74 Å². The maximum atomic E-state index is 14.4. The molecule has 0 radical (unpaired) electrons. The van der Waals surface area contributed by atoms with Crippen LogP contribution >= 0.6 is 0 Å². The summed E-state index contributed by atoms with van der Waals surface area (Å²) in [5, 5.41) is 0. The van der Waals surface area contributed by atoms with Crippen molar-refractivity contribution in [2.24, 2.45) is 5.92 Å². The standard InChI is InChI=1S/C21H30F4O/c1-3-14-26-18-12-11-17(19(22)20(18)23)16-9-7-15(8-10-16)6-4-5-13-21(2,24)25/h11-12,15-16H,3-10,13-14H2,1-2H3. The van der Waals surface area contributed by atoms with Gasteiger partial charge in [-0.1, -0.05) is 25.8 Å². The smallest absolute Gasteiger partial charge is 0.245 e. The fourth-order valence-electron chi connectivity index (χ4n) is 3.82. The molecule has 5 heteroatoms. The Bertz CT molecular complexity index is 560. The summed E-state index contributed by atoms with van der Waals surface area (Å²) in [5.41, 5.74) is 0.440. The largest absolute Gasteiger partial charge is 0.490 e. The molecule has 2 rings (SSSR count). The monoisotopic (exact) mass is 374 g/mol. The Balaban J connectivity index is 1.83. The topological polar surface area (TPSA) is 9.23 Å². The highest BCUT2D eigenvalue weighted by atomic mass is 19.3. The lowest BCUT2D eigenvalue weighted by Gasteiger charge is -2.29. The van der Waals surface area contributed by atoms with Crippen molar-refractivity contribution >= 4 is 0 Å². The molecule has 1 aromatic carbocycles. The van der Waals surface area contributed by atoms with Crippen molar-refractivity contribution < 1.29 is 22.3 Å². The second kappa shape index (κ2) is 9.61. The highest BCUT2D eigenvalue weighted by molar-refractivity contribution is 5.33. The summed E-state index contributed by atoms with van der Waals surface area (Å²) in [6.07, 6.45) is 6.52. The molecule has 0 unspecified atom stereocenters. The lowest BCUT2D eigenvalue weighted by molar-refractivity contribution is 0.00997. The van der Waals surface area contributed by atoms with Crippen LogP contribution in [0.4, 0.5) is 17.6 Å². The molecule has 0 atom stereocenters. The first-order chi connectivity index (χ1) is 12.3. The zero-order valence-corrected chi connectivity index (χ0v) is 15.8. The van der Waals surface area contributed by atoms with Gasteiger partial charge in [0.15, 0.2) is 11.6 Å². The van der Waals surface area contributed by atoms with Crippen LogP contribution in [0, 0.1) is 17.6 Å². The fraction of sp³-hybridized carbons (Fsp3) is 0.714. The maximum absolute atomic E-state index is 14.4. The minimum atomic E-state index is -2.58. The quantitative estimate of drug-likeness (QED) is 0.327. The van der Waals surface area contributed by atoms with Gasteiger partial charge in [-0.15, -0.1) is 0 Å². The Hall–Kier alpha value is -1.26. The second-order valence-electron chi connectivity index (χ2n) is 7.66. The predicted molar refractivity (Wildman–Crippen MR) is 95.9 cm³/mol. The van der Waals surface area contributed by atoms with Crippen LogP contribution in [-0.4, -0.2) is 12.5 Å². The van der Waals surface area contributed by atoms with Crippen LogP contribution in [0.3, 0.4) is 0 Å². The Labute approximate surface area is 154 Å². The molecule has 148 valence electrons. The lowest BCUT2D eigenvalue weighted by Crippen LogP contribution is -2.15. The number of ether oxygens (including phenoxy) is 1. The van der Waals surface area contributed by atoms with Gasteiger partial charge in [0.25, 0.3) is 0 Å². The molecule has 0 saturated heterocycles. The van der Waals surface area contributed by atoms with Crippen molar-refractivity contribution in [1.82, 2.24) is 0 Å². The summed E-state index contributed by atoms with van der Waals surface area (Å²) < 4.78 is 59.4. The van der Waals surface area contributed by atoms with Gasteiger partial charge in [0, 0.05) is 6.42 Å². The van der Waals surface area contributed by atoms with Crippen LogP contribution in [0.2, 0.25) is 0 Å². The number of hydrogen-bond donors (Lipinski definition) is 0. The van der Waals surface area contributed by atoms with Gasteiger partial charge in [0.2, 0.25) is 11.7 Å². The number of unbranched alkanes of at least 4 members (excludes halogenated alkanes) is 1. The summed E-state index contributed by atoms with van der Waals surface area (Å²) in [7, 11) is 0. The van der Waals surface area contributed by atoms with E-state index in [1.165, 1.54) is 6.07 Å². The summed E-state index contributed by atoms with van der Waals surface area (Å²) in [6.45, 7) is 3.24. The van der Waals surface area contributed by atoms with E-state index in [1.807, 2.05) is 6.92 Å². The molecule has 1 saturated carbocycles. The van der Waals surface area contributed by atoms with E-state index in [2.05, 4.69) is 0 Å². The van der Waals surface area contributed by atoms with Crippen LogP contribution in [0.15, 0.2) is 12.1 Å². The lowest BCUT2D eigenvalue weighted by atomic mass is 9.77. The number of halogens is 4. The minimum Gasteiger partial charge on any atom is -0.490 e. The van der Waals surface area contributed by atoms with E-state index < -0.39 is 17.6 Å². The molecule has 1 aliphatic rings. The molecule has 0 heterocycles. The third kappa shape index (κ3) is 6.17. The van der Waals surface area contributed by atoms with Crippen LogP contribution in [0.25, 0.3) is 0 Å². The first kappa shape index (κ1) is 21.0. The van der Waals surface area contributed by atoms with Gasteiger partial charge in [-0.25, -0.2) is 13.2 Å². The molecule has 1 aromatic rings. The highest BCUT2D eigenvalue weighted by Gasteiger charge is 2.27. The van der Waals surface area contributed by atoms with Crippen molar-refractivity contribution in [3.63, 3.8) is 0 Å². The Morgan fingerprint density at radius 1 is 1.04 bits per heavy atom. The van der Waals surface area contributed by atoms with Gasteiger partial charge < -0.3 is 4.74 Å². The molecule has 1 nitrogen and oxygen atoms in total. The SMILES string of the molecule is CCCOc1ccc(C2CCC(CCCCC(C)(F)F)CC2)c(F)c1F. The summed E-state index contributed by atoms with van der Waals surface area (Å²) in [6, 6.07) is 3.18. The fourth-order valence-corrected chi connectivity index (χ4v) is 3.82. The van der Waals surface area contributed by atoms with E-state index >= 15 is 0 Å². The number of rotatable bonds is 9. The molecule has 0 aromatic heterocycles. The summed E-state index contributed by atoms with van der Waals surface area (Å²) in [5.74, 6) is -3.73. The van der Waals surface area contributed by atoms with Crippen molar-refractivity contribution in [3.05, 3.63) is 29.3 Å². The van der Waals surface area contributed by atoms with Gasteiger partial charge in [0.05, 0.1) is 6.61 Å². The third-order valence-corrected chi connectivity index (χ3v) is 5.30. The zero-order valence-electron chi connectivity index (χ0n) is 15.8. The van der Waals surface area contributed by atoms with Crippen LogP contribution in [0.5, 0.6) is 5.75 Å². The highest BCUT2D eigenvalue weighted by Crippen LogP contribution is 2.40. The van der Waals surface area contributed by atoms with Gasteiger partial charge >= 0.3 is 0 Å². The molecule has 0 spiro atoms. The average molecular weight is 374 g/mol. The first-order valence-corrected chi connectivity index (χ1v) is 9.80. The Kier molecular flexibility index (Phi) is 7.78. The van der Waals surface area contributed by atoms with E-state index in [9.17, 15) is 17.6 Å². The molecular formula is C21H30F4O. The van der Waals surface area contributed by atoms with Crippen LogP contribution < -0.4 is 4.74 Å². The van der Waals surface area contributed by atoms with Gasteiger partial charge in [-0.05, 0) is 68.9 Å². The second-order valence-corrected chi connectivity index (χ2v) is 7.66. The van der Waals surface area contributed by atoms with Gasteiger partial charge in [0.1, 0.15) is 0 Å². The summed E-state index contributed by atoms with van der Waals surface area (Å²) >= 11 is 0. The molecular weight excluding hydrogens is 344 g/mol. The molecule has 1 fully saturated rings. The molecule has 0 N–H and O–H groups in total. The molecule has 0 amide bonds. The van der Waals surface area contributed by atoms with Gasteiger partial charge in [-0.3, -0.25) is 0 Å². The van der Waals surface area contributed by atoms with Gasteiger partial charge in [-0.2, -0.15) is 4.39 Å². The van der Waals surface area contributed by atoms with Crippen molar-refractivity contribution in [3.8, 4) is 5.75 Å². The molecule has 0 aliphatic heterocycles. The van der Waals surface area contributed by atoms with Crippen molar-refractivity contribution in [2.75, 3.05) is 6.61 Å². The van der Waals surface area contributed by atoms with Crippen LogP contribution in [0.1, 0.15) is 83.1 Å². The van der Waals surface area contributed by atoms with E-state index in [1.54, 1.807) is 6.07 Å². The van der Waals surface area contributed by atoms with Crippen molar-refractivity contribution in [1.29, 1.82) is 0 Å².